The van der Waals surface area contributed by atoms with Crippen LogP contribution in [0.1, 0.15) is 18.4 Å². The lowest BCUT2D eigenvalue weighted by atomic mass is 9.98. The van der Waals surface area contributed by atoms with Gasteiger partial charge in [-0.3, -0.25) is 14.9 Å². The Kier molecular flexibility index (Phi) is 5.24. The molecule has 2 N–H and O–H groups in total. The fourth-order valence-corrected chi connectivity index (χ4v) is 2.25. The Morgan fingerprint density at radius 1 is 1.48 bits per heavy atom. The molecule has 0 unspecified atom stereocenters. The van der Waals surface area contributed by atoms with E-state index in [4.69, 9.17) is 11.6 Å². The van der Waals surface area contributed by atoms with Crippen molar-refractivity contribution in [2.75, 3.05) is 13.1 Å². The number of benzene rings is 1. The van der Waals surface area contributed by atoms with Crippen molar-refractivity contribution in [2.45, 2.75) is 12.8 Å². The van der Waals surface area contributed by atoms with Crippen molar-refractivity contribution in [1.29, 1.82) is 0 Å². The lowest BCUT2D eigenvalue weighted by Crippen LogP contribution is -2.36. The third-order valence-corrected chi connectivity index (χ3v) is 3.62. The van der Waals surface area contributed by atoms with Crippen LogP contribution in [0.3, 0.4) is 0 Å². The monoisotopic (exact) mass is 310 g/mol. The molecule has 0 radical (unpaired) electrons. The van der Waals surface area contributed by atoms with Crippen LogP contribution >= 0.6 is 11.6 Å². The van der Waals surface area contributed by atoms with Gasteiger partial charge in [0.2, 0.25) is 5.91 Å². The Morgan fingerprint density at radius 2 is 2.19 bits per heavy atom. The van der Waals surface area contributed by atoms with E-state index in [1.54, 1.807) is 0 Å². The maximum atomic E-state index is 11.9. The molecule has 1 aliphatic rings. The predicted molar refractivity (Wildman–Crippen MR) is 79.4 cm³/mol. The van der Waals surface area contributed by atoms with E-state index in [1.807, 2.05) is 0 Å². The molecule has 1 saturated heterocycles. The molecule has 7 nitrogen and oxygen atoms in total. The molecule has 21 heavy (non-hydrogen) atoms. The highest BCUT2D eigenvalue weighted by Gasteiger charge is 2.20. The number of hydrogen-bond donors (Lipinski definition) is 2. The summed E-state index contributed by atoms with van der Waals surface area (Å²) in [5.41, 5.74) is 2.76. The van der Waals surface area contributed by atoms with Crippen molar-refractivity contribution >= 4 is 29.4 Å². The molecule has 2 rings (SSSR count). The molecule has 0 saturated carbocycles. The zero-order valence-corrected chi connectivity index (χ0v) is 12.0. The van der Waals surface area contributed by atoms with Gasteiger partial charge in [-0.1, -0.05) is 11.6 Å². The minimum absolute atomic E-state index is 0.0519. The topological polar surface area (TPSA) is 96.6 Å². The van der Waals surface area contributed by atoms with E-state index in [-0.39, 0.29) is 17.5 Å². The standard InChI is InChI=1S/C13H15ClN4O3/c14-12-2-1-11(18(20)21)7-10(12)8-16-17-13(19)9-3-5-15-6-4-9/h1-2,7-9,15H,3-6H2,(H,17,19). The van der Waals surface area contributed by atoms with Gasteiger partial charge in [-0.25, -0.2) is 5.43 Å². The van der Waals surface area contributed by atoms with Crippen molar-refractivity contribution in [3.8, 4) is 0 Å². The molecule has 1 aromatic rings. The number of carbonyl (C=O) groups is 1. The number of rotatable bonds is 4. The Balaban J connectivity index is 1.99. The molecule has 0 atom stereocenters. The van der Waals surface area contributed by atoms with E-state index in [9.17, 15) is 14.9 Å². The second-order valence-corrected chi connectivity index (χ2v) is 5.13. The van der Waals surface area contributed by atoms with Gasteiger partial charge < -0.3 is 5.32 Å². The number of halogens is 1. The highest BCUT2D eigenvalue weighted by Crippen LogP contribution is 2.20. The number of hydrogen-bond acceptors (Lipinski definition) is 5. The third kappa shape index (κ3) is 4.24. The van der Waals surface area contributed by atoms with Gasteiger partial charge in [0.15, 0.2) is 0 Å². The fourth-order valence-electron chi connectivity index (χ4n) is 2.08. The number of nitrogens with one attached hydrogen (secondary N) is 2. The number of non-ortho nitro benzene ring substituents is 1. The summed E-state index contributed by atoms with van der Waals surface area (Å²) >= 11 is 5.93. The number of nitro benzene ring substituents is 1. The maximum absolute atomic E-state index is 11.9. The van der Waals surface area contributed by atoms with Crippen molar-refractivity contribution in [3.63, 3.8) is 0 Å². The van der Waals surface area contributed by atoms with Crippen LogP contribution in [0.4, 0.5) is 5.69 Å². The van der Waals surface area contributed by atoms with Crippen LogP contribution in [0.5, 0.6) is 0 Å². The minimum Gasteiger partial charge on any atom is -0.317 e. The molecule has 1 amide bonds. The zero-order chi connectivity index (χ0) is 15.2. The Hall–Kier alpha value is -1.99. The number of amides is 1. The number of nitrogens with zero attached hydrogens (tertiary/aromatic N) is 2. The molecule has 1 aromatic carbocycles. The first-order chi connectivity index (χ1) is 10.1. The minimum atomic E-state index is -0.513. The number of carbonyl (C=O) groups excluding carboxylic acids is 1. The van der Waals surface area contributed by atoms with Crippen molar-refractivity contribution in [3.05, 3.63) is 38.9 Å². The Morgan fingerprint density at radius 3 is 2.86 bits per heavy atom. The van der Waals surface area contributed by atoms with Crippen LogP contribution in [-0.2, 0) is 4.79 Å². The van der Waals surface area contributed by atoms with Gasteiger partial charge in [0.05, 0.1) is 11.1 Å². The van der Waals surface area contributed by atoms with Crippen LogP contribution in [0, 0.1) is 16.0 Å². The average molecular weight is 311 g/mol. The smallest absolute Gasteiger partial charge is 0.270 e. The lowest BCUT2D eigenvalue weighted by Gasteiger charge is -2.20. The summed E-state index contributed by atoms with van der Waals surface area (Å²) in [5.74, 6) is -0.196. The van der Waals surface area contributed by atoms with Gasteiger partial charge in [0, 0.05) is 28.6 Å². The maximum Gasteiger partial charge on any atom is 0.270 e. The molecular weight excluding hydrogens is 296 g/mol. The summed E-state index contributed by atoms with van der Waals surface area (Å²) in [6.07, 6.45) is 2.87. The summed E-state index contributed by atoms with van der Waals surface area (Å²) in [6.45, 7) is 1.64. The zero-order valence-electron chi connectivity index (χ0n) is 11.2. The summed E-state index contributed by atoms with van der Waals surface area (Å²) in [6, 6.07) is 4.05. The van der Waals surface area contributed by atoms with Crippen molar-refractivity contribution < 1.29 is 9.72 Å². The Bertz CT molecular complexity index is 571. The Labute approximate surface area is 126 Å². The van der Waals surface area contributed by atoms with E-state index in [0.717, 1.165) is 25.9 Å². The molecular formula is C13H15ClN4O3. The van der Waals surface area contributed by atoms with Gasteiger partial charge in [0.1, 0.15) is 0 Å². The average Bonchev–Trinajstić information content (AvgIpc) is 2.49. The van der Waals surface area contributed by atoms with Crippen LogP contribution in [0.2, 0.25) is 5.02 Å². The van der Waals surface area contributed by atoms with Crippen LogP contribution in [0.25, 0.3) is 0 Å². The first kappa shape index (κ1) is 15.4. The molecule has 1 aliphatic heterocycles. The molecule has 0 aromatic heterocycles. The summed E-state index contributed by atoms with van der Waals surface area (Å²) in [7, 11) is 0. The van der Waals surface area contributed by atoms with Crippen LogP contribution < -0.4 is 10.7 Å². The van der Waals surface area contributed by atoms with Crippen molar-refractivity contribution in [2.24, 2.45) is 11.0 Å². The molecule has 1 fully saturated rings. The fraction of sp³-hybridized carbons (Fsp3) is 0.385. The normalized spacial score (nSPS) is 16.0. The third-order valence-electron chi connectivity index (χ3n) is 3.28. The summed E-state index contributed by atoms with van der Waals surface area (Å²) in [5, 5.41) is 18.0. The summed E-state index contributed by atoms with van der Waals surface area (Å²) < 4.78 is 0. The first-order valence-corrected chi connectivity index (χ1v) is 6.93. The van der Waals surface area contributed by atoms with Gasteiger partial charge in [-0.2, -0.15) is 5.10 Å². The quantitative estimate of drug-likeness (QED) is 0.502. The van der Waals surface area contributed by atoms with Gasteiger partial charge >= 0.3 is 0 Å². The number of nitro groups is 1. The van der Waals surface area contributed by atoms with E-state index in [2.05, 4.69) is 15.8 Å². The van der Waals surface area contributed by atoms with Gasteiger partial charge in [-0.05, 0) is 32.0 Å². The number of hydrazone groups is 1. The molecule has 0 spiro atoms. The first-order valence-electron chi connectivity index (χ1n) is 6.55. The second-order valence-electron chi connectivity index (χ2n) is 4.72. The van der Waals surface area contributed by atoms with Gasteiger partial charge in [0.25, 0.3) is 5.69 Å². The van der Waals surface area contributed by atoms with E-state index in [1.165, 1.54) is 24.4 Å². The molecule has 0 aliphatic carbocycles. The van der Waals surface area contributed by atoms with Gasteiger partial charge in [-0.15, -0.1) is 0 Å². The van der Waals surface area contributed by atoms with E-state index < -0.39 is 4.92 Å². The second kappa shape index (κ2) is 7.14. The van der Waals surface area contributed by atoms with Crippen LogP contribution in [0.15, 0.2) is 23.3 Å². The number of piperidine rings is 1. The largest absolute Gasteiger partial charge is 0.317 e. The highest BCUT2D eigenvalue weighted by atomic mass is 35.5. The van der Waals surface area contributed by atoms with Crippen LogP contribution in [-0.4, -0.2) is 30.1 Å². The predicted octanol–water partition coefficient (Wildman–Crippen LogP) is 1.70. The molecule has 1 heterocycles. The molecule has 0 bridgehead atoms. The SMILES string of the molecule is O=C(NN=Cc1cc([N+](=O)[O-])ccc1Cl)C1CCNCC1. The van der Waals surface area contributed by atoms with E-state index >= 15 is 0 Å². The van der Waals surface area contributed by atoms with E-state index in [0.29, 0.717) is 10.6 Å². The summed E-state index contributed by atoms with van der Waals surface area (Å²) in [4.78, 5) is 22.0. The highest BCUT2D eigenvalue weighted by molar-refractivity contribution is 6.33. The molecule has 112 valence electrons. The lowest BCUT2D eigenvalue weighted by molar-refractivity contribution is -0.384. The van der Waals surface area contributed by atoms with Crippen molar-refractivity contribution in [1.82, 2.24) is 10.7 Å². The molecule has 8 heteroatoms.